The van der Waals surface area contributed by atoms with Crippen molar-refractivity contribution in [3.8, 4) is 0 Å². The molecular weight excluding hydrogens is 286 g/mol. The number of nitrogens with zero attached hydrogens (tertiary/aromatic N) is 5. The van der Waals surface area contributed by atoms with Gasteiger partial charge in [0, 0.05) is 49.8 Å². The molecular formula is C14H17N5OS. The third-order valence-electron chi connectivity index (χ3n) is 3.70. The van der Waals surface area contributed by atoms with Gasteiger partial charge in [-0.05, 0) is 6.07 Å². The van der Waals surface area contributed by atoms with Crippen LogP contribution in [0.3, 0.4) is 0 Å². The van der Waals surface area contributed by atoms with Crippen LogP contribution in [0.4, 0.5) is 0 Å². The van der Waals surface area contributed by atoms with Crippen LogP contribution < -0.4 is 0 Å². The van der Waals surface area contributed by atoms with E-state index >= 15 is 0 Å². The van der Waals surface area contributed by atoms with Gasteiger partial charge >= 0.3 is 0 Å². The Balaban J connectivity index is 1.39. The minimum Gasteiger partial charge on any atom is -0.374 e. The summed E-state index contributed by atoms with van der Waals surface area (Å²) >= 11 is 1.67. The zero-order valence-corrected chi connectivity index (χ0v) is 12.4. The highest BCUT2D eigenvalue weighted by Crippen LogP contribution is 2.15. The van der Waals surface area contributed by atoms with E-state index in [0.717, 1.165) is 43.4 Å². The molecule has 0 radical (unpaired) electrons. The molecule has 1 aliphatic rings. The summed E-state index contributed by atoms with van der Waals surface area (Å²) in [4.78, 5) is 8.12. The lowest BCUT2D eigenvalue weighted by atomic mass is 10.2. The van der Waals surface area contributed by atoms with Gasteiger partial charge in [-0.25, -0.2) is 4.98 Å². The van der Waals surface area contributed by atoms with Gasteiger partial charge in [0.1, 0.15) is 0 Å². The molecule has 3 aromatic heterocycles. The SMILES string of the molecule is c1cnn(C[C@H]2CN(Cc3cn4ccsc4n3)CCO2)c1. The summed E-state index contributed by atoms with van der Waals surface area (Å²) in [6, 6.07) is 1.94. The normalized spacial score (nSPS) is 20.3. The third-order valence-corrected chi connectivity index (χ3v) is 4.47. The summed E-state index contributed by atoms with van der Waals surface area (Å²) in [6.07, 6.45) is 8.15. The summed E-state index contributed by atoms with van der Waals surface area (Å²) in [5.41, 5.74) is 1.13. The minimum absolute atomic E-state index is 0.197. The molecule has 6 nitrogen and oxygen atoms in total. The van der Waals surface area contributed by atoms with Gasteiger partial charge in [-0.1, -0.05) is 0 Å². The Labute approximate surface area is 126 Å². The number of morpholine rings is 1. The molecule has 1 saturated heterocycles. The smallest absolute Gasteiger partial charge is 0.193 e. The monoisotopic (exact) mass is 303 g/mol. The molecule has 0 saturated carbocycles. The number of ether oxygens (including phenoxy) is 1. The van der Waals surface area contributed by atoms with Crippen LogP contribution in [0.25, 0.3) is 4.96 Å². The van der Waals surface area contributed by atoms with Crippen molar-refractivity contribution in [3.63, 3.8) is 0 Å². The van der Waals surface area contributed by atoms with Crippen LogP contribution in [0.15, 0.2) is 36.2 Å². The first-order valence-electron chi connectivity index (χ1n) is 7.09. The maximum absolute atomic E-state index is 5.84. The van der Waals surface area contributed by atoms with E-state index in [2.05, 4.69) is 37.2 Å². The predicted molar refractivity (Wildman–Crippen MR) is 80.3 cm³/mol. The first-order chi connectivity index (χ1) is 10.4. The van der Waals surface area contributed by atoms with E-state index < -0.39 is 0 Å². The molecule has 0 N–H and O–H groups in total. The average Bonchev–Trinajstić information content (AvgIpc) is 3.16. The van der Waals surface area contributed by atoms with E-state index in [1.807, 2.05) is 16.9 Å². The molecule has 3 aromatic rings. The van der Waals surface area contributed by atoms with Crippen LogP contribution in [0.5, 0.6) is 0 Å². The fraction of sp³-hybridized carbons (Fsp3) is 0.429. The predicted octanol–water partition coefficient (Wildman–Crippen LogP) is 1.49. The van der Waals surface area contributed by atoms with Crippen molar-refractivity contribution < 1.29 is 4.74 Å². The molecule has 4 rings (SSSR count). The van der Waals surface area contributed by atoms with Crippen molar-refractivity contribution in [2.45, 2.75) is 19.2 Å². The van der Waals surface area contributed by atoms with Gasteiger partial charge in [0.15, 0.2) is 4.96 Å². The van der Waals surface area contributed by atoms with Gasteiger partial charge in [-0.3, -0.25) is 14.0 Å². The molecule has 0 aromatic carbocycles. The molecule has 0 unspecified atom stereocenters. The lowest BCUT2D eigenvalue weighted by Crippen LogP contribution is -2.43. The second-order valence-corrected chi connectivity index (χ2v) is 6.15. The summed E-state index contributed by atoms with van der Waals surface area (Å²) in [5, 5.41) is 6.30. The van der Waals surface area contributed by atoms with Crippen molar-refractivity contribution in [2.75, 3.05) is 19.7 Å². The average molecular weight is 303 g/mol. The molecule has 4 heterocycles. The van der Waals surface area contributed by atoms with Gasteiger partial charge in [-0.15, -0.1) is 11.3 Å². The number of thiazole rings is 1. The van der Waals surface area contributed by atoms with Crippen molar-refractivity contribution in [3.05, 3.63) is 41.9 Å². The van der Waals surface area contributed by atoms with Gasteiger partial charge in [0.2, 0.25) is 0 Å². The van der Waals surface area contributed by atoms with E-state index in [0.29, 0.717) is 0 Å². The van der Waals surface area contributed by atoms with E-state index in [4.69, 9.17) is 4.74 Å². The van der Waals surface area contributed by atoms with Crippen molar-refractivity contribution in [1.29, 1.82) is 0 Å². The van der Waals surface area contributed by atoms with Gasteiger partial charge in [0.05, 0.1) is 24.9 Å². The van der Waals surface area contributed by atoms with E-state index in [1.54, 1.807) is 17.5 Å². The first kappa shape index (κ1) is 13.0. The lowest BCUT2D eigenvalue weighted by molar-refractivity contribution is -0.0405. The van der Waals surface area contributed by atoms with Crippen molar-refractivity contribution in [2.24, 2.45) is 0 Å². The number of aromatic nitrogens is 4. The summed E-state index contributed by atoms with van der Waals surface area (Å²) in [6.45, 7) is 4.34. The topological polar surface area (TPSA) is 47.6 Å². The maximum atomic E-state index is 5.84. The van der Waals surface area contributed by atoms with Gasteiger partial charge in [-0.2, -0.15) is 5.10 Å². The van der Waals surface area contributed by atoms with Crippen LogP contribution in [-0.2, 0) is 17.8 Å². The Kier molecular flexibility index (Phi) is 3.46. The molecule has 1 atom stereocenters. The van der Waals surface area contributed by atoms with E-state index in [1.165, 1.54) is 0 Å². The van der Waals surface area contributed by atoms with Gasteiger partial charge < -0.3 is 4.74 Å². The zero-order valence-electron chi connectivity index (χ0n) is 11.6. The highest BCUT2D eigenvalue weighted by atomic mass is 32.1. The van der Waals surface area contributed by atoms with E-state index in [9.17, 15) is 0 Å². The number of imidazole rings is 1. The van der Waals surface area contributed by atoms with Crippen molar-refractivity contribution in [1.82, 2.24) is 24.1 Å². The van der Waals surface area contributed by atoms with Gasteiger partial charge in [0.25, 0.3) is 0 Å². The van der Waals surface area contributed by atoms with Crippen LogP contribution >= 0.6 is 11.3 Å². The minimum atomic E-state index is 0.197. The first-order valence-corrected chi connectivity index (χ1v) is 7.97. The second-order valence-electron chi connectivity index (χ2n) is 5.28. The quantitative estimate of drug-likeness (QED) is 0.733. The lowest BCUT2D eigenvalue weighted by Gasteiger charge is -2.32. The summed E-state index contributed by atoms with van der Waals surface area (Å²) < 4.78 is 9.85. The van der Waals surface area contributed by atoms with Crippen LogP contribution in [0.2, 0.25) is 0 Å². The van der Waals surface area contributed by atoms with Crippen LogP contribution in [0, 0.1) is 0 Å². The Hall–Kier alpha value is -1.70. The molecule has 21 heavy (non-hydrogen) atoms. The Morgan fingerprint density at radius 2 is 2.38 bits per heavy atom. The Bertz CT molecular complexity index is 675. The van der Waals surface area contributed by atoms with E-state index in [-0.39, 0.29) is 6.10 Å². The molecule has 0 bridgehead atoms. The fourth-order valence-electron chi connectivity index (χ4n) is 2.73. The second kappa shape index (κ2) is 5.59. The molecule has 7 heteroatoms. The van der Waals surface area contributed by atoms with Crippen LogP contribution in [-0.4, -0.2) is 49.9 Å². The maximum Gasteiger partial charge on any atom is 0.193 e. The largest absolute Gasteiger partial charge is 0.374 e. The highest BCUT2D eigenvalue weighted by Gasteiger charge is 2.21. The molecule has 110 valence electrons. The summed E-state index contributed by atoms with van der Waals surface area (Å²) in [7, 11) is 0. The number of rotatable bonds is 4. The van der Waals surface area contributed by atoms with Crippen molar-refractivity contribution >= 4 is 16.3 Å². The molecule has 0 aliphatic carbocycles. The molecule has 0 amide bonds. The molecule has 1 aliphatic heterocycles. The third kappa shape index (κ3) is 2.85. The highest BCUT2D eigenvalue weighted by molar-refractivity contribution is 7.15. The molecule has 1 fully saturated rings. The Morgan fingerprint density at radius 1 is 1.38 bits per heavy atom. The standard InChI is InChI=1S/C14H17N5OS/c1-2-15-19(3-1)11-13-10-17(4-6-20-13)8-12-9-18-5-7-21-14(18)16-12/h1-3,5,7,9,13H,4,6,8,10-11H2/t13-/m1/s1. The molecule has 0 spiro atoms. The number of hydrogen-bond donors (Lipinski definition) is 0. The summed E-state index contributed by atoms with van der Waals surface area (Å²) in [5.74, 6) is 0. The zero-order chi connectivity index (χ0) is 14.1. The number of fused-ring (bicyclic) bond motifs is 1. The fourth-order valence-corrected chi connectivity index (χ4v) is 3.45. The Morgan fingerprint density at radius 3 is 3.24 bits per heavy atom. The number of hydrogen-bond acceptors (Lipinski definition) is 5. The van der Waals surface area contributed by atoms with Crippen LogP contribution in [0.1, 0.15) is 5.69 Å².